The minimum atomic E-state index is 0.238. The van der Waals surface area contributed by atoms with Crippen molar-refractivity contribution in [1.29, 1.82) is 0 Å². The first-order valence-corrected chi connectivity index (χ1v) is 3.85. The van der Waals surface area contributed by atoms with E-state index in [1.807, 2.05) is 6.20 Å². The van der Waals surface area contributed by atoms with Crippen LogP contribution in [0.1, 0.15) is 5.52 Å². The molecule has 3 nitrogen and oxygen atoms in total. The summed E-state index contributed by atoms with van der Waals surface area (Å²) in [6.45, 7) is 0. The number of rotatable bonds is 1. The van der Waals surface area contributed by atoms with Crippen molar-refractivity contribution < 1.29 is 0 Å². The minimum Gasteiger partial charge on any atom is -0.382 e. The maximum absolute atomic E-state index is 5.37. The first-order valence-electron chi connectivity index (χ1n) is 2.52. The van der Waals surface area contributed by atoms with Crippen LogP contribution in [-0.2, 0) is 0 Å². The molecule has 1 heterocycles. The maximum atomic E-state index is 5.37. The average Bonchev–Trinajstić information content (AvgIpc) is 2.14. The summed E-state index contributed by atoms with van der Waals surface area (Å²) in [5, 5.41) is 3.96. The fourth-order valence-electron chi connectivity index (χ4n) is 0.519. The second kappa shape index (κ2) is 2.64. The highest BCUT2D eigenvalue weighted by atomic mass is 31.1. The Bertz CT molecular complexity index is 195. The SMILES string of the molecule is Nc1ccn(C(P)P)n1. The van der Waals surface area contributed by atoms with Crippen LogP contribution in [0.4, 0.5) is 5.82 Å². The molecule has 2 N–H and O–H groups in total. The van der Waals surface area contributed by atoms with Crippen LogP contribution in [-0.4, -0.2) is 9.78 Å². The van der Waals surface area contributed by atoms with E-state index < -0.39 is 0 Å². The zero-order chi connectivity index (χ0) is 6.85. The van der Waals surface area contributed by atoms with Crippen molar-refractivity contribution in [3.8, 4) is 0 Å². The van der Waals surface area contributed by atoms with E-state index in [-0.39, 0.29) is 5.52 Å². The van der Waals surface area contributed by atoms with Crippen molar-refractivity contribution in [3.63, 3.8) is 0 Å². The van der Waals surface area contributed by atoms with Crippen LogP contribution in [0.25, 0.3) is 0 Å². The van der Waals surface area contributed by atoms with Gasteiger partial charge in [-0.1, -0.05) is 0 Å². The van der Waals surface area contributed by atoms with E-state index in [9.17, 15) is 0 Å². The molecule has 0 saturated carbocycles. The molecule has 0 amide bonds. The Morgan fingerprint density at radius 1 is 1.67 bits per heavy atom. The molecule has 50 valence electrons. The van der Waals surface area contributed by atoms with Gasteiger partial charge in [-0.15, -0.1) is 18.5 Å². The van der Waals surface area contributed by atoms with E-state index in [0.717, 1.165) is 0 Å². The van der Waals surface area contributed by atoms with Gasteiger partial charge in [0.05, 0.1) is 5.52 Å². The monoisotopic (exact) mass is 161 g/mol. The van der Waals surface area contributed by atoms with Crippen LogP contribution in [0.2, 0.25) is 0 Å². The van der Waals surface area contributed by atoms with E-state index >= 15 is 0 Å². The topological polar surface area (TPSA) is 43.8 Å². The van der Waals surface area contributed by atoms with Crippen molar-refractivity contribution >= 4 is 24.3 Å². The summed E-state index contributed by atoms with van der Waals surface area (Å²) in [6, 6.07) is 1.76. The molecule has 2 atom stereocenters. The Hall–Kier alpha value is -0.130. The first-order chi connectivity index (χ1) is 4.20. The Kier molecular flexibility index (Phi) is 2.05. The Morgan fingerprint density at radius 3 is 2.56 bits per heavy atom. The minimum absolute atomic E-state index is 0.238. The summed E-state index contributed by atoms with van der Waals surface area (Å²) in [4.78, 5) is 0. The van der Waals surface area contributed by atoms with Gasteiger partial charge in [0.15, 0.2) is 0 Å². The maximum Gasteiger partial charge on any atom is 0.145 e. The highest BCUT2D eigenvalue weighted by molar-refractivity contribution is 7.36. The summed E-state index contributed by atoms with van der Waals surface area (Å²) in [5.74, 6) is 0.560. The van der Waals surface area contributed by atoms with E-state index in [1.165, 1.54) is 0 Å². The van der Waals surface area contributed by atoms with Gasteiger partial charge in [0.1, 0.15) is 5.82 Å². The van der Waals surface area contributed by atoms with Crippen LogP contribution in [0, 0.1) is 0 Å². The van der Waals surface area contributed by atoms with Crippen molar-refractivity contribution in [2.75, 3.05) is 5.73 Å². The van der Waals surface area contributed by atoms with Crippen molar-refractivity contribution in [2.45, 2.75) is 5.52 Å². The fraction of sp³-hybridized carbons (Fsp3) is 0.250. The number of aromatic nitrogens is 2. The van der Waals surface area contributed by atoms with E-state index in [1.54, 1.807) is 10.7 Å². The zero-order valence-corrected chi connectivity index (χ0v) is 7.17. The molecule has 1 aromatic rings. The van der Waals surface area contributed by atoms with Gasteiger partial charge in [-0.2, -0.15) is 5.10 Å². The van der Waals surface area contributed by atoms with Gasteiger partial charge >= 0.3 is 0 Å². The molecular formula is C4H9N3P2. The standard InChI is InChI=1S/C4H9N3P2/c5-3-1-2-7(6-3)4(8)9/h1-2,4H,8-9H2,(H2,5,6). The second-order valence-electron chi connectivity index (χ2n) is 1.71. The summed E-state index contributed by atoms with van der Waals surface area (Å²) in [5.41, 5.74) is 5.60. The predicted molar refractivity (Wildman–Crippen MR) is 45.1 cm³/mol. The molecule has 0 aromatic carbocycles. The van der Waals surface area contributed by atoms with E-state index in [0.29, 0.717) is 5.82 Å². The summed E-state index contributed by atoms with van der Waals surface area (Å²) >= 11 is 0. The first kappa shape index (κ1) is 6.98. The molecule has 0 radical (unpaired) electrons. The summed E-state index contributed by atoms with van der Waals surface area (Å²) in [7, 11) is 5.19. The van der Waals surface area contributed by atoms with Gasteiger partial charge in [-0.25, -0.2) is 0 Å². The zero-order valence-electron chi connectivity index (χ0n) is 4.86. The fourth-order valence-corrected chi connectivity index (χ4v) is 0.851. The molecule has 0 bridgehead atoms. The van der Waals surface area contributed by atoms with E-state index in [2.05, 4.69) is 23.6 Å². The number of anilines is 1. The van der Waals surface area contributed by atoms with Gasteiger partial charge in [0.2, 0.25) is 0 Å². The predicted octanol–water partition coefficient (Wildman–Crippen LogP) is 0.672. The molecule has 5 heteroatoms. The molecule has 0 aliphatic carbocycles. The van der Waals surface area contributed by atoms with Gasteiger partial charge in [-0.05, 0) is 6.07 Å². The van der Waals surface area contributed by atoms with Crippen molar-refractivity contribution in [3.05, 3.63) is 12.3 Å². The molecule has 1 aromatic heterocycles. The Morgan fingerprint density at radius 2 is 2.33 bits per heavy atom. The number of hydrogen-bond acceptors (Lipinski definition) is 2. The molecule has 0 spiro atoms. The van der Waals surface area contributed by atoms with Crippen molar-refractivity contribution in [1.82, 2.24) is 9.78 Å². The molecule has 0 aliphatic rings. The van der Waals surface area contributed by atoms with Crippen LogP contribution in [0.15, 0.2) is 12.3 Å². The van der Waals surface area contributed by atoms with Crippen LogP contribution in [0.3, 0.4) is 0 Å². The lowest BCUT2D eigenvalue weighted by Gasteiger charge is -2.01. The largest absolute Gasteiger partial charge is 0.382 e. The normalized spacial score (nSPS) is 10.6. The number of hydrogen-bond donors (Lipinski definition) is 1. The molecule has 0 saturated heterocycles. The lowest BCUT2D eigenvalue weighted by molar-refractivity contribution is 0.741. The molecule has 0 aliphatic heterocycles. The van der Waals surface area contributed by atoms with Gasteiger partial charge in [-0.3, -0.25) is 4.68 Å². The summed E-state index contributed by atoms with van der Waals surface area (Å²) in [6.07, 6.45) is 1.83. The van der Waals surface area contributed by atoms with E-state index in [4.69, 9.17) is 5.73 Å². The lowest BCUT2D eigenvalue weighted by Crippen LogP contribution is -1.96. The highest BCUT2D eigenvalue weighted by Gasteiger charge is 1.96. The van der Waals surface area contributed by atoms with Gasteiger partial charge < -0.3 is 5.73 Å². The Labute approximate surface area is 58.4 Å². The quantitative estimate of drug-likeness (QED) is 0.615. The summed E-state index contributed by atoms with van der Waals surface area (Å²) < 4.78 is 1.75. The molecule has 0 fully saturated rings. The molecular weight excluding hydrogens is 152 g/mol. The van der Waals surface area contributed by atoms with Gasteiger partial charge in [0, 0.05) is 6.20 Å². The van der Waals surface area contributed by atoms with Crippen molar-refractivity contribution in [2.24, 2.45) is 0 Å². The Balaban J connectivity index is 2.85. The van der Waals surface area contributed by atoms with Gasteiger partial charge in [0.25, 0.3) is 0 Å². The third-order valence-corrected chi connectivity index (χ3v) is 1.55. The highest BCUT2D eigenvalue weighted by Crippen LogP contribution is 2.21. The third-order valence-electron chi connectivity index (χ3n) is 0.934. The lowest BCUT2D eigenvalue weighted by atomic mass is 10.7. The smallest absolute Gasteiger partial charge is 0.145 e. The molecule has 9 heavy (non-hydrogen) atoms. The second-order valence-corrected chi connectivity index (χ2v) is 3.85. The molecule has 2 unspecified atom stereocenters. The molecule has 1 rings (SSSR count). The number of nitrogens with two attached hydrogens (primary N) is 1. The third kappa shape index (κ3) is 1.64. The number of nitrogen functional groups attached to an aromatic ring is 1. The van der Waals surface area contributed by atoms with Crippen LogP contribution >= 0.6 is 18.5 Å². The average molecular weight is 161 g/mol. The number of nitrogens with zero attached hydrogens (tertiary/aromatic N) is 2. The van der Waals surface area contributed by atoms with Crippen LogP contribution in [0.5, 0.6) is 0 Å². The van der Waals surface area contributed by atoms with Crippen LogP contribution < -0.4 is 5.73 Å².